The number of ether oxygens (including phenoxy) is 1. The summed E-state index contributed by atoms with van der Waals surface area (Å²) in [5.41, 5.74) is -0.0782. The van der Waals surface area contributed by atoms with Crippen LogP contribution in [0.5, 0.6) is 5.75 Å². The van der Waals surface area contributed by atoms with E-state index in [-0.39, 0.29) is 28.8 Å². The number of carbonyl (C=O) groups excluding carboxylic acids is 1. The molecule has 0 radical (unpaired) electrons. The standard InChI is InChI=1S/C21H19F3N2O4S2/c1-30-17-8-3-2-5-13(17)9-19(27)25-20-26(16-11-32(28,29)12-18(16)31-20)15-7-4-6-14(10-15)21(22,23)24/h2-8,10,16,18H,9,11-12H2,1H3/t16-,18-/m1/s1. The topological polar surface area (TPSA) is 76.0 Å². The van der Waals surface area contributed by atoms with Crippen LogP contribution in [0.1, 0.15) is 11.1 Å². The van der Waals surface area contributed by atoms with Gasteiger partial charge in [-0.1, -0.05) is 36.0 Å². The lowest BCUT2D eigenvalue weighted by molar-refractivity contribution is -0.137. The van der Waals surface area contributed by atoms with Crippen LogP contribution < -0.4 is 9.64 Å². The molecule has 0 unspecified atom stereocenters. The maximum Gasteiger partial charge on any atom is 0.416 e. The van der Waals surface area contributed by atoms with Crippen molar-refractivity contribution in [1.82, 2.24) is 0 Å². The number of nitrogens with zero attached hydrogens (tertiary/aromatic N) is 2. The van der Waals surface area contributed by atoms with Crippen LogP contribution >= 0.6 is 11.8 Å². The number of hydrogen-bond donors (Lipinski definition) is 0. The Bertz CT molecular complexity index is 1180. The molecule has 2 aromatic rings. The highest BCUT2D eigenvalue weighted by Crippen LogP contribution is 2.42. The Balaban J connectivity index is 1.68. The van der Waals surface area contributed by atoms with Crippen molar-refractivity contribution in [1.29, 1.82) is 0 Å². The number of carbonyl (C=O) groups is 1. The fourth-order valence-electron chi connectivity index (χ4n) is 3.86. The predicted molar refractivity (Wildman–Crippen MR) is 117 cm³/mol. The molecule has 2 atom stereocenters. The second-order valence-electron chi connectivity index (χ2n) is 7.50. The molecule has 4 rings (SSSR count). The first-order valence-electron chi connectivity index (χ1n) is 9.64. The van der Waals surface area contributed by atoms with Crippen LogP contribution in [-0.4, -0.2) is 49.4 Å². The maximum absolute atomic E-state index is 13.3. The van der Waals surface area contributed by atoms with E-state index < -0.39 is 38.8 Å². The molecule has 0 aromatic heterocycles. The Hall–Kier alpha value is -2.53. The summed E-state index contributed by atoms with van der Waals surface area (Å²) in [7, 11) is -1.85. The lowest BCUT2D eigenvalue weighted by atomic mass is 10.1. The van der Waals surface area contributed by atoms with Gasteiger partial charge in [0.1, 0.15) is 5.75 Å². The second-order valence-corrected chi connectivity index (χ2v) is 10.9. The fourth-order valence-corrected chi connectivity index (χ4v) is 7.79. The Labute approximate surface area is 187 Å². The molecule has 0 saturated carbocycles. The minimum Gasteiger partial charge on any atom is -0.496 e. The molecule has 0 N–H and O–H groups in total. The van der Waals surface area contributed by atoms with E-state index in [1.165, 1.54) is 24.1 Å². The second kappa shape index (κ2) is 8.43. The predicted octanol–water partition coefficient (Wildman–Crippen LogP) is 3.56. The molecule has 2 aliphatic heterocycles. The Morgan fingerprint density at radius 1 is 1.19 bits per heavy atom. The minimum atomic E-state index is -4.55. The third kappa shape index (κ3) is 4.63. The molecular weight excluding hydrogens is 465 g/mol. The zero-order valence-electron chi connectivity index (χ0n) is 16.9. The van der Waals surface area contributed by atoms with E-state index >= 15 is 0 Å². The number of rotatable bonds is 4. The van der Waals surface area contributed by atoms with Crippen LogP contribution in [0.2, 0.25) is 0 Å². The van der Waals surface area contributed by atoms with Gasteiger partial charge < -0.3 is 9.64 Å². The first-order valence-corrected chi connectivity index (χ1v) is 12.3. The van der Waals surface area contributed by atoms with Crippen LogP contribution in [-0.2, 0) is 27.2 Å². The van der Waals surface area contributed by atoms with Crippen LogP contribution in [0.3, 0.4) is 0 Å². The molecule has 2 saturated heterocycles. The Morgan fingerprint density at radius 2 is 1.94 bits per heavy atom. The van der Waals surface area contributed by atoms with E-state index in [0.717, 1.165) is 23.9 Å². The molecule has 2 aromatic carbocycles. The number of amides is 1. The summed E-state index contributed by atoms with van der Waals surface area (Å²) in [5, 5.41) is -0.207. The van der Waals surface area contributed by atoms with Crippen molar-refractivity contribution >= 4 is 38.4 Å². The Kier molecular flexibility index (Phi) is 5.97. The summed E-state index contributed by atoms with van der Waals surface area (Å²) in [4.78, 5) is 18.3. The van der Waals surface area contributed by atoms with Gasteiger partial charge in [-0.05, 0) is 24.3 Å². The van der Waals surface area contributed by atoms with Gasteiger partial charge in [-0.25, -0.2) is 8.42 Å². The van der Waals surface area contributed by atoms with Crippen molar-refractivity contribution in [3.8, 4) is 5.75 Å². The lowest BCUT2D eigenvalue weighted by Crippen LogP contribution is -2.38. The van der Waals surface area contributed by atoms with E-state index in [9.17, 15) is 26.4 Å². The number of halogens is 3. The van der Waals surface area contributed by atoms with Gasteiger partial charge in [0.05, 0.1) is 36.6 Å². The average molecular weight is 485 g/mol. The van der Waals surface area contributed by atoms with E-state index in [0.29, 0.717) is 11.3 Å². The van der Waals surface area contributed by atoms with Crippen molar-refractivity contribution < 1.29 is 31.1 Å². The molecule has 6 nitrogen and oxygen atoms in total. The van der Waals surface area contributed by atoms with Gasteiger partial charge in [-0.3, -0.25) is 4.79 Å². The molecule has 2 aliphatic rings. The molecule has 2 heterocycles. The van der Waals surface area contributed by atoms with E-state index in [4.69, 9.17) is 4.74 Å². The number of aliphatic imine (C=N–C) groups is 1. The summed E-state index contributed by atoms with van der Waals surface area (Å²) < 4.78 is 69.3. The molecule has 2 fully saturated rings. The number of benzene rings is 2. The molecule has 1 amide bonds. The van der Waals surface area contributed by atoms with Crippen molar-refractivity contribution in [3.63, 3.8) is 0 Å². The van der Waals surface area contributed by atoms with E-state index in [1.54, 1.807) is 24.3 Å². The largest absolute Gasteiger partial charge is 0.496 e. The number of alkyl halides is 3. The minimum absolute atomic E-state index is 0.0574. The average Bonchev–Trinajstić information content (AvgIpc) is 3.18. The van der Waals surface area contributed by atoms with Crippen molar-refractivity contribution in [2.45, 2.75) is 23.9 Å². The zero-order valence-corrected chi connectivity index (χ0v) is 18.5. The van der Waals surface area contributed by atoms with Crippen molar-refractivity contribution in [3.05, 3.63) is 59.7 Å². The van der Waals surface area contributed by atoms with Gasteiger partial charge in [0, 0.05) is 16.5 Å². The molecular formula is C21H19F3N2O4S2. The number of methoxy groups -OCH3 is 1. The van der Waals surface area contributed by atoms with Crippen LogP contribution in [0.15, 0.2) is 53.5 Å². The molecule has 0 bridgehead atoms. The molecule has 170 valence electrons. The quantitative estimate of drug-likeness (QED) is 0.661. The van der Waals surface area contributed by atoms with E-state index in [1.807, 2.05) is 0 Å². The maximum atomic E-state index is 13.3. The highest BCUT2D eigenvalue weighted by molar-refractivity contribution is 8.16. The van der Waals surface area contributed by atoms with Gasteiger partial charge in [0.25, 0.3) is 5.91 Å². The first kappa shape index (κ1) is 22.7. The summed E-state index contributed by atoms with van der Waals surface area (Å²) in [6.07, 6.45) is -4.61. The zero-order chi connectivity index (χ0) is 23.1. The van der Waals surface area contributed by atoms with Gasteiger partial charge in [-0.15, -0.1) is 0 Å². The number of thioether (sulfide) groups is 1. The molecule has 32 heavy (non-hydrogen) atoms. The summed E-state index contributed by atoms with van der Waals surface area (Å²) in [5.74, 6) is -0.298. The number of fused-ring (bicyclic) bond motifs is 1. The normalized spacial score (nSPS) is 23.4. The highest BCUT2D eigenvalue weighted by Gasteiger charge is 2.49. The lowest BCUT2D eigenvalue weighted by Gasteiger charge is -2.25. The highest BCUT2D eigenvalue weighted by atomic mass is 32.2. The number of para-hydroxylation sites is 1. The number of sulfone groups is 1. The van der Waals surface area contributed by atoms with Crippen molar-refractivity contribution in [2.24, 2.45) is 4.99 Å². The fraction of sp³-hybridized carbons (Fsp3) is 0.333. The third-order valence-corrected chi connectivity index (χ3v) is 8.48. The first-order chi connectivity index (χ1) is 15.1. The number of anilines is 1. The van der Waals surface area contributed by atoms with E-state index in [2.05, 4.69) is 4.99 Å². The number of amidine groups is 1. The Morgan fingerprint density at radius 3 is 2.66 bits per heavy atom. The van der Waals surface area contributed by atoms with Gasteiger partial charge in [0.15, 0.2) is 15.0 Å². The third-order valence-electron chi connectivity index (χ3n) is 5.27. The van der Waals surface area contributed by atoms with Crippen LogP contribution in [0, 0.1) is 0 Å². The smallest absolute Gasteiger partial charge is 0.416 e. The van der Waals surface area contributed by atoms with Gasteiger partial charge >= 0.3 is 6.18 Å². The summed E-state index contributed by atoms with van der Waals surface area (Å²) in [6.45, 7) is 0. The summed E-state index contributed by atoms with van der Waals surface area (Å²) in [6, 6.07) is 11.0. The number of hydrogen-bond acceptors (Lipinski definition) is 5. The van der Waals surface area contributed by atoms with Gasteiger partial charge in [-0.2, -0.15) is 18.2 Å². The van der Waals surface area contributed by atoms with Crippen LogP contribution in [0.4, 0.5) is 18.9 Å². The SMILES string of the molecule is COc1ccccc1CC(=O)N=C1S[C@@H]2CS(=O)(=O)C[C@H]2N1c1cccc(C(F)(F)F)c1. The molecule has 0 aliphatic carbocycles. The van der Waals surface area contributed by atoms with Crippen LogP contribution in [0.25, 0.3) is 0 Å². The summed E-state index contributed by atoms with van der Waals surface area (Å²) >= 11 is 1.11. The van der Waals surface area contributed by atoms with Gasteiger partial charge in [0.2, 0.25) is 0 Å². The monoisotopic (exact) mass is 484 g/mol. The molecule has 0 spiro atoms. The molecule has 11 heteroatoms. The van der Waals surface area contributed by atoms with Crippen molar-refractivity contribution in [2.75, 3.05) is 23.5 Å².